The fourth-order valence-electron chi connectivity index (χ4n) is 3.54. The molecule has 2 aromatic rings. The summed E-state index contributed by atoms with van der Waals surface area (Å²) in [5.41, 5.74) is 2.46. The van der Waals surface area contributed by atoms with Gasteiger partial charge in [0.2, 0.25) is 5.91 Å². The van der Waals surface area contributed by atoms with Crippen LogP contribution in [0.4, 0.5) is 13.2 Å². The fraction of sp³-hybridized carbons (Fsp3) is 0.476. The Morgan fingerprint density at radius 3 is 2.68 bits per heavy atom. The summed E-state index contributed by atoms with van der Waals surface area (Å²) in [6.07, 6.45) is -0.0829. The number of nitrogens with one attached hydrogen (secondary N) is 1. The van der Waals surface area contributed by atoms with Crippen molar-refractivity contribution in [2.45, 2.75) is 51.2 Å². The summed E-state index contributed by atoms with van der Waals surface area (Å²) in [6, 6.07) is 8.12. The third kappa shape index (κ3) is 4.76. The first-order chi connectivity index (χ1) is 13.4. The molecule has 0 saturated carbocycles. The molecule has 4 nitrogen and oxygen atoms in total. The topological polar surface area (TPSA) is 41.6 Å². The zero-order chi connectivity index (χ0) is 20.1. The number of carbonyl (C=O) groups is 1. The molecule has 7 heteroatoms. The van der Waals surface area contributed by atoms with Gasteiger partial charge in [-0.1, -0.05) is 50.5 Å². The monoisotopic (exact) mass is 394 g/mol. The molecule has 3 rings (SSSR count). The number of unbranched alkanes of at least 4 members (excludes halogenated alkanes) is 3. The maximum atomic E-state index is 13.8. The standard InChI is InChI=1S/C21H25F3N2O2/c1-2-3-4-5-13-28-16-9-10-17-15(14-16)7-6-8-18(17)20(21(22,23)24)26-12-11-19(27)25-26/h6-10,14,20H,2-5,11-13H2,1H3,(H,25,27)/t20-/m0/s1. The molecule has 2 aromatic carbocycles. The number of fused-ring (bicyclic) bond motifs is 1. The lowest BCUT2D eigenvalue weighted by Gasteiger charge is -2.30. The third-order valence-corrected chi connectivity index (χ3v) is 4.92. The highest BCUT2D eigenvalue weighted by molar-refractivity contribution is 5.87. The zero-order valence-corrected chi connectivity index (χ0v) is 15.9. The molecule has 1 saturated heterocycles. The highest BCUT2D eigenvalue weighted by Crippen LogP contribution is 2.41. The Balaban J connectivity index is 1.85. The Morgan fingerprint density at radius 1 is 1.18 bits per heavy atom. The van der Waals surface area contributed by atoms with Gasteiger partial charge in [0.25, 0.3) is 0 Å². The maximum absolute atomic E-state index is 13.8. The van der Waals surface area contributed by atoms with Crippen LogP contribution >= 0.6 is 0 Å². The van der Waals surface area contributed by atoms with E-state index in [0.29, 0.717) is 23.1 Å². The van der Waals surface area contributed by atoms with E-state index >= 15 is 0 Å². The van der Waals surface area contributed by atoms with E-state index in [9.17, 15) is 18.0 Å². The van der Waals surface area contributed by atoms with Crippen molar-refractivity contribution in [3.05, 3.63) is 42.0 Å². The lowest BCUT2D eigenvalue weighted by atomic mass is 9.97. The predicted molar refractivity (Wildman–Crippen MR) is 102 cm³/mol. The lowest BCUT2D eigenvalue weighted by molar-refractivity contribution is -0.190. The van der Waals surface area contributed by atoms with Crippen LogP contribution in [0.3, 0.4) is 0 Å². The quantitative estimate of drug-likeness (QED) is 0.631. The van der Waals surface area contributed by atoms with Crippen LogP contribution in [0.2, 0.25) is 0 Å². The van der Waals surface area contributed by atoms with Crippen molar-refractivity contribution in [2.24, 2.45) is 0 Å². The van der Waals surface area contributed by atoms with Gasteiger partial charge in [-0.2, -0.15) is 13.2 Å². The summed E-state index contributed by atoms with van der Waals surface area (Å²) >= 11 is 0. The largest absolute Gasteiger partial charge is 0.494 e. The molecule has 1 aliphatic heterocycles. The summed E-state index contributed by atoms with van der Waals surface area (Å²) < 4.78 is 47.3. The number of halogens is 3. The second-order valence-electron chi connectivity index (χ2n) is 7.06. The van der Waals surface area contributed by atoms with E-state index in [0.717, 1.165) is 30.7 Å². The maximum Gasteiger partial charge on any atom is 0.409 e. The number of benzene rings is 2. The molecule has 1 fully saturated rings. The number of hydrogen-bond acceptors (Lipinski definition) is 3. The van der Waals surface area contributed by atoms with Crippen LogP contribution in [0, 0.1) is 0 Å². The number of hydrazine groups is 1. The summed E-state index contributed by atoms with van der Waals surface area (Å²) in [7, 11) is 0. The second kappa shape index (κ2) is 8.82. The third-order valence-electron chi connectivity index (χ3n) is 4.92. The summed E-state index contributed by atoms with van der Waals surface area (Å²) in [6.45, 7) is 2.76. The highest BCUT2D eigenvalue weighted by Gasteiger charge is 2.47. The molecule has 152 valence electrons. The zero-order valence-electron chi connectivity index (χ0n) is 15.9. The van der Waals surface area contributed by atoms with Gasteiger partial charge >= 0.3 is 6.18 Å². The van der Waals surface area contributed by atoms with Gasteiger partial charge in [0.15, 0.2) is 6.04 Å². The molecule has 1 heterocycles. The predicted octanol–water partition coefficient (Wildman–Crippen LogP) is 5.14. The minimum atomic E-state index is -4.51. The second-order valence-corrected chi connectivity index (χ2v) is 7.06. The number of alkyl halides is 3. The van der Waals surface area contributed by atoms with E-state index < -0.39 is 18.1 Å². The average Bonchev–Trinajstić information content (AvgIpc) is 3.06. The van der Waals surface area contributed by atoms with E-state index in [-0.39, 0.29) is 18.5 Å². The first-order valence-corrected chi connectivity index (χ1v) is 9.68. The molecule has 0 aromatic heterocycles. The van der Waals surface area contributed by atoms with Gasteiger partial charge in [-0.15, -0.1) is 0 Å². The van der Waals surface area contributed by atoms with Crippen LogP contribution in [0.1, 0.15) is 50.6 Å². The average molecular weight is 394 g/mol. The van der Waals surface area contributed by atoms with Crippen molar-refractivity contribution in [1.82, 2.24) is 10.4 Å². The highest BCUT2D eigenvalue weighted by atomic mass is 19.4. The van der Waals surface area contributed by atoms with Gasteiger partial charge < -0.3 is 4.74 Å². The van der Waals surface area contributed by atoms with Gasteiger partial charge in [0.1, 0.15) is 5.75 Å². The Labute approximate surface area is 162 Å². The molecular formula is C21H25F3N2O2. The van der Waals surface area contributed by atoms with Crippen molar-refractivity contribution < 1.29 is 22.7 Å². The van der Waals surface area contributed by atoms with Crippen molar-refractivity contribution >= 4 is 16.7 Å². The fourth-order valence-corrected chi connectivity index (χ4v) is 3.54. The number of amides is 1. The number of hydrogen-bond donors (Lipinski definition) is 1. The van der Waals surface area contributed by atoms with Crippen molar-refractivity contribution in [3.8, 4) is 5.75 Å². The van der Waals surface area contributed by atoms with E-state index in [1.54, 1.807) is 30.3 Å². The number of rotatable bonds is 8. The molecule has 1 N–H and O–H groups in total. The molecule has 0 radical (unpaired) electrons. The number of carbonyl (C=O) groups excluding carboxylic acids is 1. The van der Waals surface area contributed by atoms with Gasteiger partial charge in [0.05, 0.1) is 6.61 Å². The van der Waals surface area contributed by atoms with Crippen LogP contribution in [-0.2, 0) is 4.79 Å². The number of ether oxygens (including phenoxy) is 1. The van der Waals surface area contributed by atoms with Crippen molar-refractivity contribution in [1.29, 1.82) is 0 Å². The molecule has 0 bridgehead atoms. The molecule has 28 heavy (non-hydrogen) atoms. The molecule has 0 spiro atoms. The van der Waals surface area contributed by atoms with Crippen LogP contribution in [0.25, 0.3) is 10.8 Å². The van der Waals surface area contributed by atoms with Gasteiger partial charge in [-0.25, -0.2) is 5.01 Å². The Bertz CT molecular complexity index is 823. The molecule has 0 aliphatic carbocycles. The van der Waals surface area contributed by atoms with Gasteiger partial charge in [-0.3, -0.25) is 10.2 Å². The van der Waals surface area contributed by atoms with Crippen molar-refractivity contribution in [2.75, 3.05) is 13.2 Å². The molecule has 1 aliphatic rings. The minimum absolute atomic E-state index is 0.0261. The lowest BCUT2D eigenvalue weighted by Crippen LogP contribution is -2.43. The SMILES string of the molecule is CCCCCCOc1ccc2c([C@H](N3CCC(=O)N3)C(F)(F)F)cccc2c1. The van der Waals surface area contributed by atoms with Gasteiger partial charge in [0, 0.05) is 13.0 Å². The molecule has 1 amide bonds. The van der Waals surface area contributed by atoms with Crippen LogP contribution < -0.4 is 10.2 Å². The van der Waals surface area contributed by atoms with Crippen LogP contribution in [0.15, 0.2) is 36.4 Å². The minimum Gasteiger partial charge on any atom is -0.494 e. The Morgan fingerprint density at radius 2 is 2.00 bits per heavy atom. The smallest absolute Gasteiger partial charge is 0.409 e. The Kier molecular flexibility index (Phi) is 6.44. The summed E-state index contributed by atoms with van der Waals surface area (Å²) in [5.74, 6) is 0.257. The summed E-state index contributed by atoms with van der Waals surface area (Å²) in [4.78, 5) is 11.5. The van der Waals surface area contributed by atoms with Gasteiger partial charge in [-0.05, 0) is 34.9 Å². The van der Waals surface area contributed by atoms with Crippen molar-refractivity contribution in [3.63, 3.8) is 0 Å². The number of nitrogens with zero attached hydrogens (tertiary/aromatic N) is 1. The first-order valence-electron chi connectivity index (χ1n) is 9.68. The van der Waals surface area contributed by atoms with E-state index in [1.165, 1.54) is 6.07 Å². The van der Waals surface area contributed by atoms with Crippen LogP contribution in [0.5, 0.6) is 5.75 Å². The van der Waals surface area contributed by atoms with E-state index in [2.05, 4.69) is 12.3 Å². The van der Waals surface area contributed by atoms with E-state index in [4.69, 9.17) is 4.74 Å². The van der Waals surface area contributed by atoms with Crippen LogP contribution in [-0.4, -0.2) is 30.2 Å². The summed E-state index contributed by atoms with van der Waals surface area (Å²) in [5, 5.41) is 2.17. The molecule has 0 unspecified atom stereocenters. The molecule has 1 atom stereocenters. The Hall–Kier alpha value is -2.28. The normalized spacial score (nSPS) is 16.4. The first kappa shape index (κ1) is 20.5. The molecular weight excluding hydrogens is 369 g/mol. The van der Waals surface area contributed by atoms with E-state index in [1.807, 2.05) is 0 Å².